The van der Waals surface area contributed by atoms with Crippen LogP contribution in [-0.2, 0) is 0 Å². The maximum atomic E-state index is 5.09. The van der Waals surface area contributed by atoms with E-state index in [0.717, 1.165) is 25.7 Å². The van der Waals surface area contributed by atoms with Crippen molar-refractivity contribution in [3.05, 3.63) is 0 Å². The fourth-order valence-corrected chi connectivity index (χ4v) is 0.808. The van der Waals surface area contributed by atoms with Gasteiger partial charge < -0.3 is 0 Å². The van der Waals surface area contributed by atoms with Crippen LogP contribution in [0.15, 0.2) is 0 Å². The number of hydrogen-bond acceptors (Lipinski definition) is 0. The molecule has 0 aromatic heterocycles. The minimum atomic E-state index is 0. The number of terminal acetylenes is 2. The fourth-order valence-electron chi connectivity index (χ4n) is 0.808. The molecular weight excluding hydrogens is 134 g/mol. The molecule has 0 spiro atoms. The van der Waals surface area contributed by atoms with Crippen molar-refractivity contribution in [3.63, 3.8) is 0 Å². The van der Waals surface area contributed by atoms with Crippen molar-refractivity contribution >= 4 is 37.7 Å². The van der Waals surface area contributed by atoms with Gasteiger partial charge in [0.2, 0.25) is 0 Å². The van der Waals surface area contributed by atoms with Crippen LogP contribution >= 0.6 is 0 Å². The van der Waals surface area contributed by atoms with Gasteiger partial charge in [0, 0.05) is 50.6 Å². The average molecular weight is 148 g/mol. The van der Waals surface area contributed by atoms with Crippen molar-refractivity contribution < 1.29 is 0 Å². The van der Waals surface area contributed by atoms with E-state index < -0.39 is 0 Å². The van der Waals surface area contributed by atoms with Crippen LogP contribution in [0.4, 0.5) is 0 Å². The van der Waals surface area contributed by atoms with Crippen molar-refractivity contribution in [2.45, 2.75) is 38.5 Å². The molecule has 0 saturated carbocycles. The van der Waals surface area contributed by atoms with E-state index in [4.69, 9.17) is 12.8 Å². The second-order valence-electron chi connectivity index (χ2n) is 2.32. The molecule has 0 nitrogen and oxygen atoms in total. The summed E-state index contributed by atoms with van der Waals surface area (Å²) in [6.45, 7) is 0. The molecule has 12 heavy (non-hydrogen) atoms. The van der Waals surface area contributed by atoms with Gasteiger partial charge in [-0.2, -0.15) is 0 Å². The van der Waals surface area contributed by atoms with E-state index >= 15 is 0 Å². The van der Waals surface area contributed by atoms with Crippen LogP contribution in [0.25, 0.3) is 0 Å². The molecule has 0 aliphatic heterocycles. The number of hydrogen-bond donors (Lipinski definition) is 0. The normalized spacial score (nSPS) is 6.83. The molecule has 0 heterocycles. The van der Waals surface area contributed by atoms with Crippen molar-refractivity contribution in [3.8, 4) is 24.7 Å². The van der Waals surface area contributed by atoms with Gasteiger partial charge in [-0.1, -0.05) is 12.8 Å². The summed E-state index contributed by atoms with van der Waals surface area (Å²) in [5.41, 5.74) is 0. The Morgan fingerprint density at radius 1 is 0.667 bits per heavy atom. The SMILES string of the molecule is C#CCCCCCCC#C.[Li].[Li]. The molecular formula is C10H14Li2. The van der Waals surface area contributed by atoms with Crippen molar-refractivity contribution in [1.82, 2.24) is 0 Å². The first-order chi connectivity index (χ1) is 4.91. The molecule has 0 amide bonds. The molecule has 0 aromatic carbocycles. The van der Waals surface area contributed by atoms with Gasteiger partial charge in [-0.25, -0.2) is 0 Å². The van der Waals surface area contributed by atoms with Crippen LogP contribution in [0.3, 0.4) is 0 Å². The zero-order valence-corrected chi connectivity index (χ0v) is 8.40. The molecule has 0 aliphatic carbocycles. The summed E-state index contributed by atoms with van der Waals surface area (Å²) in [6.07, 6.45) is 16.8. The van der Waals surface area contributed by atoms with Crippen molar-refractivity contribution in [2.24, 2.45) is 0 Å². The van der Waals surface area contributed by atoms with Crippen LogP contribution < -0.4 is 0 Å². The summed E-state index contributed by atoms with van der Waals surface area (Å²) >= 11 is 0. The van der Waals surface area contributed by atoms with Gasteiger partial charge in [0.05, 0.1) is 0 Å². The summed E-state index contributed by atoms with van der Waals surface area (Å²) in [5, 5.41) is 0. The topological polar surface area (TPSA) is 0 Å². The van der Waals surface area contributed by atoms with Gasteiger partial charge in [0.25, 0.3) is 0 Å². The molecule has 2 radical (unpaired) electrons. The molecule has 0 rings (SSSR count). The van der Waals surface area contributed by atoms with Gasteiger partial charge in [-0.15, -0.1) is 24.7 Å². The van der Waals surface area contributed by atoms with E-state index in [2.05, 4.69) is 11.8 Å². The van der Waals surface area contributed by atoms with E-state index in [1.165, 1.54) is 12.8 Å². The standard InChI is InChI=1S/C10H14.2Li/c1-3-5-7-9-10-8-6-4-2;;/h1-2H,5-10H2;;. The first-order valence-electron chi connectivity index (χ1n) is 3.78. The first kappa shape index (κ1) is 18.2. The molecule has 0 aliphatic rings. The Bertz CT molecular complexity index is 121. The molecule has 0 aromatic rings. The molecule has 56 valence electrons. The van der Waals surface area contributed by atoms with E-state index in [1.54, 1.807) is 0 Å². The van der Waals surface area contributed by atoms with Crippen molar-refractivity contribution in [2.75, 3.05) is 0 Å². The Hall–Kier alpha value is 0.315. The minimum absolute atomic E-state index is 0. The maximum Gasteiger partial charge on any atom is 0.00860 e. The van der Waals surface area contributed by atoms with Crippen LogP contribution in [0, 0.1) is 24.7 Å². The van der Waals surface area contributed by atoms with Crippen molar-refractivity contribution in [1.29, 1.82) is 0 Å². The van der Waals surface area contributed by atoms with E-state index in [1.807, 2.05) is 0 Å². The maximum absolute atomic E-state index is 5.09. The predicted molar refractivity (Wildman–Crippen MR) is 56.9 cm³/mol. The third-order valence-electron chi connectivity index (χ3n) is 1.39. The van der Waals surface area contributed by atoms with Gasteiger partial charge in [-0.05, 0) is 12.8 Å². The Kier molecular flexibility index (Phi) is 26.4. The first-order valence-corrected chi connectivity index (χ1v) is 3.78. The molecule has 2 heteroatoms. The molecule has 0 bridgehead atoms. The zero-order valence-electron chi connectivity index (χ0n) is 8.40. The zero-order chi connectivity index (χ0) is 7.66. The minimum Gasteiger partial charge on any atom is -0.120 e. The Labute approximate surface area is 101 Å². The third kappa shape index (κ3) is 16.7. The molecule has 0 saturated heterocycles. The summed E-state index contributed by atoms with van der Waals surface area (Å²) in [4.78, 5) is 0. The largest absolute Gasteiger partial charge is 0.120 e. The summed E-state index contributed by atoms with van der Waals surface area (Å²) in [5.74, 6) is 5.24. The Morgan fingerprint density at radius 2 is 1.00 bits per heavy atom. The second-order valence-corrected chi connectivity index (χ2v) is 2.32. The van der Waals surface area contributed by atoms with Crippen LogP contribution in [0.5, 0.6) is 0 Å². The van der Waals surface area contributed by atoms with E-state index in [0.29, 0.717) is 0 Å². The van der Waals surface area contributed by atoms with Crippen LogP contribution in [0.2, 0.25) is 0 Å². The van der Waals surface area contributed by atoms with Gasteiger partial charge in [0.1, 0.15) is 0 Å². The summed E-state index contributed by atoms with van der Waals surface area (Å²) < 4.78 is 0. The van der Waals surface area contributed by atoms with Crippen LogP contribution in [-0.4, -0.2) is 37.7 Å². The average Bonchev–Trinajstić information content (AvgIpc) is 1.97. The van der Waals surface area contributed by atoms with Crippen LogP contribution in [0.1, 0.15) is 38.5 Å². The molecule has 0 unspecified atom stereocenters. The smallest absolute Gasteiger partial charge is 0.00860 e. The molecule has 0 N–H and O–H groups in total. The predicted octanol–water partition coefficient (Wildman–Crippen LogP) is 1.83. The van der Waals surface area contributed by atoms with Gasteiger partial charge in [0.15, 0.2) is 0 Å². The van der Waals surface area contributed by atoms with E-state index in [-0.39, 0.29) is 37.7 Å². The van der Waals surface area contributed by atoms with E-state index in [9.17, 15) is 0 Å². The Balaban J connectivity index is -0.000000405. The Morgan fingerprint density at radius 3 is 1.25 bits per heavy atom. The number of unbranched alkanes of at least 4 members (excludes halogenated alkanes) is 5. The molecule has 0 fully saturated rings. The monoisotopic (exact) mass is 148 g/mol. The summed E-state index contributed by atoms with van der Waals surface area (Å²) in [6, 6.07) is 0. The summed E-state index contributed by atoms with van der Waals surface area (Å²) in [7, 11) is 0. The van der Waals surface area contributed by atoms with Gasteiger partial charge >= 0.3 is 0 Å². The second kappa shape index (κ2) is 17.4. The van der Waals surface area contributed by atoms with Gasteiger partial charge in [-0.3, -0.25) is 0 Å². The number of rotatable bonds is 5. The molecule has 0 atom stereocenters. The fraction of sp³-hybridized carbons (Fsp3) is 0.600. The quantitative estimate of drug-likeness (QED) is 0.317. The third-order valence-corrected chi connectivity index (χ3v) is 1.39.